The Labute approximate surface area is 49.7 Å². The third-order valence-corrected chi connectivity index (χ3v) is 1.38. The van der Waals surface area contributed by atoms with Crippen LogP contribution in [0.25, 0.3) is 0 Å². The van der Waals surface area contributed by atoms with Gasteiger partial charge in [0.05, 0.1) is 0 Å². The molecule has 0 saturated heterocycles. The second-order valence-electron chi connectivity index (χ2n) is 0.865. The van der Waals surface area contributed by atoms with Gasteiger partial charge in [0.15, 0.2) is 0 Å². The molecule has 0 radical (unpaired) electrons. The first-order valence-electron chi connectivity index (χ1n) is 1.72. The summed E-state index contributed by atoms with van der Waals surface area (Å²) in [5.74, 6) is 0.727. The smallest absolute Gasteiger partial charge is 0.0926 e. The van der Waals surface area contributed by atoms with Gasteiger partial charge in [-0.3, -0.25) is 0 Å². The first-order valence-corrected chi connectivity index (χ1v) is 3.75. The summed E-state index contributed by atoms with van der Waals surface area (Å²) in [5, 5.41) is 0.947. The topological polar surface area (TPSA) is 17.1 Å². The molecule has 0 aromatic rings. The number of hydrogen-bond acceptors (Lipinski definition) is 1. The molecule has 0 aromatic heterocycles. The number of alkyl halides is 1. The van der Waals surface area contributed by atoms with Crippen molar-refractivity contribution in [2.24, 2.45) is 0 Å². The summed E-state index contributed by atoms with van der Waals surface area (Å²) in [4.78, 5) is 0. The number of halogens is 1. The summed E-state index contributed by atoms with van der Waals surface area (Å²) in [5.41, 5.74) is 0. The zero-order valence-electron chi connectivity index (χ0n) is 3.32. The third-order valence-electron chi connectivity index (χ3n) is 0.361. The molecule has 0 unspecified atom stereocenters. The summed E-state index contributed by atoms with van der Waals surface area (Å²) in [7, 11) is 0. The maximum absolute atomic E-state index is 9.58. The molecule has 0 saturated carbocycles. The van der Waals surface area contributed by atoms with Gasteiger partial charge >= 0.3 is 11.7 Å². The van der Waals surface area contributed by atoms with E-state index in [0.717, 1.165) is 17.5 Å². The SMILES string of the molecule is O=[S+]CCCBr. The van der Waals surface area contributed by atoms with E-state index in [9.17, 15) is 4.21 Å². The van der Waals surface area contributed by atoms with E-state index in [1.54, 1.807) is 0 Å². The molecule has 0 bridgehead atoms. The van der Waals surface area contributed by atoms with E-state index in [1.807, 2.05) is 0 Å². The van der Waals surface area contributed by atoms with Gasteiger partial charge in [0.1, 0.15) is 0 Å². The second kappa shape index (κ2) is 5.50. The molecule has 0 fully saturated rings. The van der Waals surface area contributed by atoms with E-state index in [4.69, 9.17) is 0 Å². The van der Waals surface area contributed by atoms with Gasteiger partial charge in [-0.25, -0.2) is 0 Å². The average molecular weight is 170 g/mol. The van der Waals surface area contributed by atoms with Crippen LogP contribution < -0.4 is 0 Å². The molecule has 0 amide bonds. The lowest BCUT2D eigenvalue weighted by atomic mass is 10.6. The van der Waals surface area contributed by atoms with E-state index in [1.165, 1.54) is 0 Å². The van der Waals surface area contributed by atoms with Crippen molar-refractivity contribution in [3.05, 3.63) is 0 Å². The van der Waals surface area contributed by atoms with Crippen LogP contribution in [-0.2, 0) is 15.9 Å². The molecule has 3 heteroatoms. The van der Waals surface area contributed by atoms with Crippen molar-refractivity contribution < 1.29 is 4.21 Å². The molecule has 6 heavy (non-hydrogen) atoms. The Balaban J connectivity index is 2.49. The third kappa shape index (κ3) is 4.50. The van der Waals surface area contributed by atoms with Crippen LogP contribution in [0.4, 0.5) is 0 Å². The minimum Gasteiger partial charge on any atom is -0.0926 e. The average Bonchev–Trinajstić information content (AvgIpc) is 1.61. The Bertz CT molecular complexity index is 39.8. The lowest BCUT2D eigenvalue weighted by molar-refractivity contribution is 0.604. The molecule has 0 atom stereocenters. The van der Waals surface area contributed by atoms with Gasteiger partial charge in [-0.1, -0.05) is 15.9 Å². The van der Waals surface area contributed by atoms with Gasteiger partial charge < -0.3 is 0 Å². The predicted octanol–water partition coefficient (Wildman–Crippen LogP) is 1.20. The summed E-state index contributed by atoms with van der Waals surface area (Å²) in [6.45, 7) is 0. The fraction of sp³-hybridized carbons (Fsp3) is 1.00. The van der Waals surface area contributed by atoms with Gasteiger partial charge in [-0.15, -0.1) is 0 Å². The Hall–Kier alpha value is 0.500. The molecular formula is C3H6BrOS+. The zero-order valence-corrected chi connectivity index (χ0v) is 5.72. The first-order chi connectivity index (χ1) is 2.91. The van der Waals surface area contributed by atoms with Gasteiger partial charge in [-0.2, -0.15) is 0 Å². The molecule has 0 aliphatic carbocycles. The lowest BCUT2D eigenvalue weighted by Gasteiger charge is -1.67. The van der Waals surface area contributed by atoms with Crippen molar-refractivity contribution in [3.63, 3.8) is 0 Å². The van der Waals surface area contributed by atoms with Crippen LogP contribution in [0.1, 0.15) is 6.42 Å². The first kappa shape index (κ1) is 6.50. The van der Waals surface area contributed by atoms with Crippen molar-refractivity contribution in [2.75, 3.05) is 11.1 Å². The predicted molar refractivity (Wildman–Crippen MR) is 31.3 cm³/mol. The minimum atomic E-state index is 0.646. The van der Waals surface area contributed by atoms with Crippen molar-refractivity contribution >= 4 is 27.6 Å². The molecule has 0 N–H and O–H groups in total. The minimum absolute atomic E-state index is 0.646. The standard InChI is InChI=1S/C3H6BrOS/c4-2-1-3-6-5/h1-3H2/q+1. The molecule has 0 aliphatic heterocycles. The summed E-state index contributed by atoms with van der Waals surface area (Å²) < 4.78 is 9.58. The molecule has 0 aromatic carbocycles. The summed E-state index contributed by atoms with van der Waals surface area (Å²) in [6, 6.07) is 0. The normalized spacial score (nSPS) is 8.17. The summed E-state index contributed by atoms with van der Waals surface area (Å²) in [6.07, 6.45) is 0.980. The highest BCUT2D eigenvalue weighted by Crippen LogP contribution is 1.84. The van der Waals surface area contributed by atoms with E-state index in [2.05, 4.69) is 15.9 Å². The van der Waals surface area contributed by atoms with Gasteiger partial charge in [-0.05, 0) is 0 Å². The van der Waals surface area contributed by atoms with Crippen molar-refractivity contribution in [3.8, 4) is 0 Å². The van der Waals surface area contributed by atoms with E-state index in [0.29, 0.717) is 11.7 Å². The fourth-order valence-electron chi connectivity index (χ4n) is 0.113. The van der Waals surface area contributed by atoms with Crippen LogP contribution in [-0.4, -0.2) is 11.1 Å². The Morgan fingerprint density at radius 1 is 1.67 bits per heavy atom. The van der Waals surface area contributed by atoms with E-state index < -0.39 is 0 Å². The van der Waals surface area contributed by atoms with Gasteiger partial charge in [0.2, 0.25) is 5.75 Å². The van der Waals surface area contributed by atoms with E-state index >= 15 is 0 Å². The highest BCUT2D eigenvalue weighted by atomic mass is 79.9. The van der Waals surface area contributed by atoms with Crippen LogP contribution in [0.3, 0.4) is 0 Å². The van der Waals surface area contributed by atoms with Gasteiger partial charge in [0.25, 0.3) is 0 Å². The van der Waals surface area contributed by atoms with Gasteiger partial charge in [0, 0.05) is 16.0 Å². The second-order valence-corrected chi connectivity index (χ2v) is 2.30. The highest BCUT2D eigenvalue weighted by molar-refractivity contribution is 9.09. The number of hydrogen-bond donors (Lipinski definition) is 0. The molecule has 0 heterocycles. The Morgan fingerprint density at radius 2 is 2.33 bits per heavy atom. The molecule has 1 nitrogen and oxygen atoms in total. The zero-order chi connectivity index (χ0) is 4.83. The quantitative estimate of drug-likeness (QED) is 0.353. The Kier molecular flexibility index (Phi) is 5.96. The fourth-order valence-corrected chi connectivity index (χ4v) is 1.03. The maximum atomic E-state index is 9.58. The van der Waals surface area contributed by atoms with Crippen molar-refractivity contribution in [1.82, 2.24) is 0 Å². The molecular weight excluding hydrogens is 164 g/mol. The van der Waals surface area contributed by atoms with Crippen molar-refractivity contribution in [2.45, 2.75) is 6.42 Å². The van der Waals surface area contributed by atoms with Crippen LogP contribution in [0, 0.1) is 0 Å². The largest absolute Gasteiger partial charge is 0.458 e. The number of rotatable bonds is 3. The van der Waals surface area contributed by atoms with Crippen LogP contribution in [0.2, 0.25) is 0 Å². The highest BCUT2D eigenvalue weighted by Gasteiger charge is 1.92. The maximum Gasteiger partial charge on any atom is 0.458 e. The molecule has 0 aliphatic rings. The van der Waals surface area contributed by atoms with Crippen LogP contribution in [0.5, 0.6) is 0 Å². The van der Waals surface area contributed by atoms with Crippen molar-refractivity contribution in [1.29, 1.82) is 0 Å². The summed E-state index contributed by atoms with van der Waals surface area (Å²) >= 11 is 3.84. The Morgan fingerprint density at radius 3 is 2.50 bits per heavy atom. The lowest BCUT2D eigenvalue weighted by Crippen LogP contribution is -1.79. The molecule has 36 valence electrons. The van der Waals surface area contributed by atoms with Crippen LogP contribution >= 0.6 is 15.9 Å². The molecule has 0 spiro atoms. The monoisotopic (exact) mass is 169 g/mol. The molecule has 0 rings (SSSR count). The van der Waals surface area contributed by atoms with E-state index in [-0.39, 0.29) is 0 Å². The van der Waals surface area contributed by atoms with Crippen LogP contribution in [0.15, 0.2) is 0 Å².